The summed E-state index contributed by atoms with van der Waals surface area (Å²) >= 11 is 0. The first kappa shape index (κ1) is 18.2. The van der Waals surface area contributed by atoms with Gasteiger partial charge in [-0.2, -0.15) is 0 Å². The molecule has 0 saturated heterocycles. The van der Waals surface area contributed by atoms with Gasteiger partial charge in [0.05, 0.1) is 0 Å². The van der Waals surface area contributed by atoms with Crippen molar-refractivity contribution in [3.05, 3.63) is 45.8 Å². The summed E-state index contributed by atoms with van der Waals surface area (Å²) in [6, 6.07) is 2.96. The molecule has 1 saturated carbocycles. The Morgan fingerprint density at radius 2 is 1.54 bits per heavy atom. The number of carbonyl (C=O) groups excluding carboxylic acids is 2. The molecule has 0 aliphatic heterocycles. The van der Waals surface area contributed by atoms with Crippen LogP contribution in [0.15, 0.2) is 24.3 Å². The standard InChI is InChI=1S/C16H18FNO6/c1-9(19)15(21)7-12(11-3-5-13(17)6-4-11)8-16(22,10(2)20)14(15)18(23)24/h3-6,12,14,21-22H,7-8H2,1-2H3/t12-,14-,15+,16-. The Hall–Kier alpha value is -2.19. The molecule has 0 aromatic heterocycles. The van der Waals surface area contributed by atoms with E-state index in [0.29, 0.717) is 5.56 Å². The summed E-state index contributed by atoms with van der Waals surface area (Å²) in [6.07, 6.45) is -0.676. The van der Waals surface area contributed by atoms with Crippen LogP contribution in [-0.4, -0.2) is 43.9 Å². The predicted molar refractivity (Wildman–Crippen MR) is 80.4 cm³/mol. The molecule has 0 radical (unpaired) electrons. The van der Waals surface area contributed by atoms with E-state index < -0.39 is 45.5 Å². The third kappa shape index (κ3) is 2.83. The molecular weight excluding hydrogens is 321 g/mol. The Bertz CT molecular complexity index is 660. The van der Waals surface area contributed by atoms with Crippen molar-refractivity contribution in [2.75, 3.05) is 0 Å². The number of carbonyl (C=O) groups is 2. The molecule has 0 amide bonds. The molecule has 0 spiro atoms. The SMILES string of the molecule is CC(=O)[C@]1(O)C[C@H](c2ccc(F)cc2)C[C@](O)(C(C)=O)[C@H]1[N+](=O)[O-]. The maximum atomic E-state index is 13.1. The van der Waals surface area contributed by atoms with E-state index in [2.05, 4.69) is 0 Å². The second-order valence-electron chi connectivity index (χ2n) is 6.31. The van der Waals surface area contributed by atoms with E-state index in [1.807, 2.05) is 0 Å². The number of nitro groups is 1. The monoisotopic (exact) mass is 339 g/mol. The molecule has 1 aliphatic rings. The molecule has 1 aliphatic carbocycles. The molecule has 4 atom stereocenters. The van der Waals surface area contributed by atoms with Crippen molar-refractivity contribution in [1.82, 2.24) is 0 Å². The van der Waals surface area contributed by atoms with E-state index in [1.54, 1.807) is 0 Å². The first-order valence-electron chi connectivity index (χ1n) is 7.38. The van der Waals surface area contributed by atoms with Crippen LogP contribution in [-0.2, 0) is 9.59 Å². The second-order valence-corrected chi connectivity index (χ2v) is 6.31. The van der Waals surface area contributed by atoms with Crippen molar-refractivity contribution < 1.29 is 29.1 Å². The molecule has 7 nitrogen and oxygen atoms in total. The number of hydrogen-bond acceptors (Lipinski definition) is 6. The molecule has 8 heteroatoms. The van der Waals surface area contributed by atoms with E-state index in [1.165, 1.54) is 12.1 Å². The van der Waals surface area contributed by atoms with Crippen molar-refractivity contribution in [3.8, 4) is 0 Å². The third-order valence-electron chi connectivity index (χ3n) is 4.79. The van der Waals surface area contributed by atoms with Gasteiger partial charge in [0.25, 0.3) is 6.04 Å². The third-order valence-corrected chi connectivity index (χ3v) is 4.79. The number of rotatable bonds is 4. The summed E-state index contributed by atoms with van der Waals surface area (Å²) in [6.45, 7) is 1.95. The summed E-state index contributed by atoms with van der Waals surface area (Å²) < 4.78 is 13.1. The Labute approximate surface area is 137 Å². The van der Waals surface area contributed by atoms with Gasteiger partial charge in [-0.1, -0.05) is 12.1 Å². The lowest BCUT2D eigenvalue weighted by Gasteiger charge is -2.45. The van der Waals surface area contributed by atoms with E-state index in [-0.39, 0.29) is 12.8 Å². The van der Waals surface area contributed by atoms with Gasteiger partial charge in [0.1, 0.15) is 5.82 Å². The molecule has 0 heterocycles. The van der Waals surface area contributed by atoms with Crippen LogP contribution in [0, 0.1) is 15.9 Å². The topological polar surface area (TPSA) is 118 Å². The van der Waals surface area contributed by atoms with E-state index in [9.17, 15) is 34.3 Å². The van der Waals surface area contributed by atoms with Gasteiger partial charge in [-0.3, -0.25) is 19.7 Å². The zero-order valence-corrected chi connectivity index (χ0v) is 13.2. The van der Waals surface area contributed by atoms with Crippen LogP contribution in [0.2, 0.25) is 0 Å². The Kier molecular flexibility index (Phi) is 4.56. The maximum absolute atomic E-state index is 13.1. The summed E-state index contributed by atoms with van der Waals surface area (Å²) in [4.78, 5) is 34.3. The fourth-order valence-corrected chi connectivity index (χ4v) is 3.43. The number of nitrogens with zero attached hydrogens (tertiary/aromatic N) is 1. The number of halogens is 1. The second kappa shape index (κ2) is 6.03. The van der Waals surface area contributed by atoms with Crippen LogP contribution in [0.4, 0.5) is 4.39 Å². The van der Waals surface area contributed by atoms with Gasteiger partial charge in [0.15, 0.2) is 22.8 Å². The Morgan fingerprint density at radius 1 is 1.12 bits per heavy atom. The van der Waals surface area contributed by atoms with Crippen LogP contribution in [0.5, 0.6) is 0 Å². The number of Topliss-reactive ketones (excluding diaryl/α,β-unsaturated/α-hetero) is 2. The van der Waals surface area contributed by atoms with Crippen molar-refractivity contribution in [2.45, 2.75) is 49.9 Å². The van der Waals surface area contributed by atoms with Crippen LogP contribution >= 0.6 is 0 Å². The van der Waals surface area contributed by atoms with Crippen LogP contribution in [0.1, 0.15) is 38.2 Å². The van der Waals surface area contributed by atoms with Gasteiger partial charge in [-0.25, -0.2) is 4.39 Å². The molecule has 0 bridgehead atoms. The zero-order chi connectivity index (χ0) is 18.3. The largest absolute Gasteiger partial charge is 0.376 e. The van der Waals surface area contributed by atoms with Crippen molar-refractivity contribution in [3.63, 3.8) is 0 Å². The predicted octanol–water partition coefficient (Wildman–Crippen LogP) is 0.989. The molecular formula is C16H18FNO6. The van der Waals surface area contributed by atoms with E-state index in [4.69, 9.17) is 0 Å². The highest BCUT2D eigenvalue weighted by Gasteiger charge is 2.67. The average Bonchev–Trinajstić information content (AvgIpc) is 2.46. The molecule has 1 fully saturated rings. The summed E-state index contributed by atoms with van der Waals surface area (Å²) in [5, 5.41) is 32.8. The van der Waals surface area contributed by atoms with Gasteiger partial charge in [-0.05, 0) is 50.3 Å². The highest BCUT2D eigenvalue weighted by atomic mass is 19.1. The van der Waals surface area contributed by atoms with E-state index >= 15 is 0 Å². The smallest absolute Gasteiger partial charge is 0.283 e. The quantitative estimate of drug-likeness (QED) is 0.624. The summed E-state index contributed by atoms with van der Waals surface area (Å²) in [5.74, 6) is -3.03. The fraction of sp³-hybridized carbons (Fsp3) is 0.500. The van der Waals surface area contributed by atoms with Gasteiger partial charge in [-0.15, -0.1) is 0 Å². The highest BCUT2D eigenvalue weighted by molar-refractivity contribution is 5.91. The Balaban J connectivity index is 2.58. The minimum absolute atomic E-state index is 0.338. The van der Waals surface area contributed by atoms with Crippen LogP contribution < -0.4 is 0 Å². The normalized spacial score (nSPS) is 33.0. The van der Waals surface area contributed by atoms with Gasteiger partial charge >= 0.3 is 0 Å². The van der Waals surface area contributed by atoms with Crippen molar-refractivity contribution in [2.24, 2.45) is 0 Å². The van der Waals surface area contributed by atoms with Gasteiger partial charge in [0.2, 0.25) is 0 Å². The lowest BCUT2D eigenvalue weighted by atomic mass is 9.62. The maximum Gasteiger partial charge on any atom is 0.283 e. The molecule has 130 valence electrons. The molecule has 0 unspecified atom stereocenters. The molecule has 2 rings (SSSR count). The number of ketones is 2. The minimum atomic E-state index is -2.50. The van der Waals surface area contributed by atoms with E-state index in [0.717, 1.165) is 26.0 Å². The lowest BCUT2D eigenvalue weighted by Crippen LogP contribution is -2.69. The highest BCUT2D eigenvalue weighted by Crippen LogP contribution is 2.46. The van der Waals surface area contributed by atoms with Crippen LogP contribution in [0.3, 0.4) is 0 Å². The fourth-order valence-electron chi connectivity index (χ4n) is 3.43. The molecule has 2 N–H and O–H groups in total. The summed E-state index contributed by atoms with van der Waals surface area (Å²) in [7, 11) is 0. The summed E-state index contributed by atoms with van der Waals surface area (Å²) in [5.41, 5.74) is -4.53. The number of hydrogen-bond donors (Lipinski definition) is 2. The van der Waals surface area contributed by atoms with Crippen molar-refractivity contribution in [1.29, 1.82) is 0 Å². The number of benzene rings is 1. The minimum Gasteiger partial charge on any atom is -0.376 e. The molecule has 1 aromatic carbocycles. The first-order chi connectivity index (χ1) is 11.0. The lowest BCUT2D eigenvalue weighted by molar-refractivity contribution is -0.564. The first-order valence-corrected chi connectivity index (χ1v) is 7.38. The molecule has 24 heavy (non-hydrogen) atoms. The van der Waals surface area contributed by atoms with Crippen LogP contribution in [0.25, 0.3) is 0 Å². The van der Waals surface area contributed by atoms with Gasteiger partial charge in [0, 0.05) is 4.92 Å². The van der Waals surface area contributed by atoms with Gasteiger partial charge < -0.3 is 10.2 Å². The Morgan fingerprint density at radius 3 is 1.88 bits per heavy atom. The van der Waals surface area contributed by atoms with Crippen molar-refractivity contribution >= 4 is 11.6 Å². The zero-order valence-electron chi connectivity index (χ0n) is 13.2. The molecule has 1 aromatic rings. The number of aliphatic hydroxyl groups is 2. The average molecular weight is 339 g/mol.